The standard InChI is InChI=1S/C19H20FN3/c1-15-4-2-5-16(12-15)14-22-8-10-23(11-9-22)19-7-3-6-18(20)17(19)13-21/h2-7,12H,8-11,14H2,1H3. The minimum Gasteiger partial charge on any atom is -0.368 e. The number of rotatable bonds is 3. The van der Waals surface area contributed by atoms with Gasteiger partial charge in [0.15, 0.2) is 0 Å². The van der Waals surface area contributed by atoms with Crippen LogP contribution in [0.5, 0.6) is 0 Å². The molecule has 2 aromatic rings. The van der Waals surface area contributed by atoms with Crippen molar-refractivity contribution in [2.45, 2.75) is 13.5 Å². The highest BCUT2D eigenvalue weighted by molar-refractivity contribution is 5.60. The predicted octanol–water partition coefficient (Wildman–Crippen LogP) is 3.33. The van der Waals surface area contributed by atoms with Gasteiger partial charge in [0.05, 0.1) is 5.69 Å². The smallest absolute Gasteiger partial charge is 0.143 e. The fraction of sp³-hybridized carbons (Fsp3) is 0.316. The molecule has 1 fully saturated rings. The first-order valence-corrected chi connectivity index (χ1v) is 7.89. The zero-order valence-electron chi connectivity index (χ0n) is 13.3. The van der Waals surface area contributed by atoms with E-state index in [1.54, 1.807) is 6.07 Å². The Kier molecular flexibility index (Phi) is 4.59. The Hall–Kier alpha value is -2.38. The highest BCUT2D eigenvalue weighted by Crippen LogP contribution is 2.24. The summed E-state index contributed by atoms with van der Waals surface area (Å²) >= 11 is 0. The molecule has 1 saturated heterocycles. The van der Waals surface area contributed by atoms with Crippen LogP contribution in [0.1, 0.15) is 16.7 Å². The summed E-state index contributed by atoms with van der Waals surface area (Å²) in [6.45, 7) is 6.48. The van der Waals surface area contributed by atoms with E-state index >= 15 is 0 Å². The molecule has 118 valence electrons. The minimum absolute atomic E-state index is 0.152. The van der Waals surface area contributed by atoms with Crippen LogP contribution < -0.4 is 4.90 Å². The van der Waals surface area contributed by atoms with Crippen LogP contribution in [0.25, 0.3) is 0 Å². The molecule has 1 aliphatic rings. The van der Waals surface area contributed by atoms with Gasteiger partial charge < -0.3 is 4.90 Å². The molecule has 0 unspecified atom stereocenters. The summed E-state index contributed by atoms with van der Waals surface area (Å²) in [5.41, 5.74) is 3.46. The van der Waals surface area contributed by atoms with E-state index in [1.807, 2.05) is 12.1 Å². The molecular weight excluding hydrogens is 289 g/mol. The third-order valence-corrected chi connectivity index (χ3v) is 4.31. The fourth-order valence-corrected chi connectivity index (χ4v) is 3.10. The van der Waals surface area contributed by atoms with Crippen molar-refractivity contribution in [3.05, 3.63) is 65.0 Å². The van der Waals surface area contributed by atoms with Crippen molar-refractivity contribution < 1.29 is 4.39 Å². The van der Waals surface area contributed by atoms with Crippen LogP contribution in [0.15, 0.2) is 42.5 Å². The molecule has 0 aromatic heterocycles. The predicted molar refractivity (Wildman–Crippen MR) is 89.8 cm³/mol. The normalized spacial score (nSPS) is 15.4. The van der Waals surface area contributed by atoms with Crippen molar-refractivity contribution in [3.8, 4) is 6.07 Å². The molecule has 0 aliphatic carbocycles. The summed E-state index contributed by atoms with van der Waals surface area (Å²) in [5.74, 6) is -0.438. The zero-order chi connectivity index (χ0) is 16.2. The average molecular weight is 309 g/mol. The minimum atomic E-state index is -0.438. The van der Waals surface area contributed by atoms with Crippen molar-refractivity contribution in [1.82, 2.24) is 4.90 Å². The van der Waals surface area contributed by atoms with Crippen LogP contribution in [-0.2, 0) is 6.54 Å². The molecule has 4 heteroatoms. The van der Waals surface area contributed by atoms with Crippen LogP contribution in [0.2, 0.25) is 0 Å². The molecule has 0 spiro atoms. The van der Waals surface area contributed by atoms with E-state index in [0.717, 1.165) is 32.7 Å². The van der Waals surface area contributed by atoms with Crippen molar-refractivity contribution in [3.63, 3.8) is 0 Å². The molecule has 3 rings (SSSR count). The van der Waals surface area contributed by atoms with E-state index in [4.69, 9.17) is 0 Å². The molecule has 0 atom stereocenters. The maximum absolute atomic E-state index is 13.7. The summed E-state index contributed by atoms with van der Waals surface area (Å²) < 4.78 is 13.7. The van der Waals surface area contributed by atoms with Crippen molar-refractivity contribution in [1.29, 1.82) is 5.26 Å². The number of hydrogen-bond donors (Lipinski definition) is 0. The molecule has 3 nitrogen and oxygen atoms in total. The lowest BCUT2D eigenvalue weighted by Crippen LogP contribution is -2.46. The van der Waals surface area contributed by atoms with E-state index in [2.05, 4.69) is 41.0 Å². The second-order valence-corrected chi connectivity index (χ2v) is 6.00. The van der Waals surface area contributed by atoms with Gasteiger partial charge in [-0.15, -0.1) is 0 Å². The first kappa shape index (κ1) is 15.5. The lowest BCUT2D eigenvalue weighted by molar-refractivity contribution is 0.249. The summed E-state index contributed by atoms with van der Waals surface area (Å²) in [7, 11) is 0. The van der Waals surface area contributed by atoms with Gasteiger partial charge in [0.1, 0.15) is 17.4 Å². The molecule has 0 N–H and O–H groups in total. The van der Waals surface area contributed by atoms with E-state index < -0.39 is 5.82 Å². The Morgan fingerprint density at radius 3 is 2.52 bits per heavy atom. The molecule has 1 heterocycles. The molecule has 23 heavy (non-hydrogen) atoms. The van der Waals surface area contributed by atoms with Crippen LogP contribution >= 0.6 is 0 Å². The fourth-order valence-electron chi connectivity index (χ4n) is 3.10. The number of benzene rings is 2. The molecule has 0 radical (unpaired) electrons. The topological polar surface area (TPSA) is 30.3 Å². The van der Waals surface area contributed by atoms with Crippen LogP contribution in [0, 0.1) is 24.1 Å². The van der Waals surface area contributed by atoms with Gasteiger partial charge in [0.25, 0.3) is 0 Å². The van der Waals surface area contributed by atoms with Crippen molar-refractivity contribution >= 4 is 5.69 Å². The first-order chi connectivity index (χ1) is 11.2. The maximum Gasteiger partial charge on any atom is 0.143 e. The molecule has 1 aliphatic heterocycles. The number of nitrogens with zero attached hydrogens (tertiary/aromatic N) is 3. The first-order valence-electron chi connectivity index (χ1n) is 7.89. The molecule has 2 aromatic carbocycles. The summed E-state index contributed by atoms with van der Waals surface area (Å²) in [6.07, 6.45) is 0. The van der Waals surface area contributed by atoms with E-state index in [1.165, 1.54) is 17.2 Å². The summed E-state index contributed by atoms with van der Waals surface area (Å²) in [5, 5.41) is 9.18. The monoisotopic (exact) mass is 309 g/mol. The number of anilines is 1. The number of aryl methyl sites for hydroxylation is 1. The van der Waals surface area contributed by atoms with Gasteiger partial charge in [0, 0.05) is 32.7 Å². The summed E-state index contributed by atoms with van der Waals surface area (Å²) in [4.78, 5) is 4.50. The van der Waals surface area contributed by atoms with Crippen molar-refractivity contribution in [2.24, 2.45) is 0 Å². The Labute approximate surface area is 136 Å². The average Bonchev–Trinajstić information content (AvgIpc) is 2.55. The van der Waals surface area contributed by atoms with E-state index in [9.17, 15) is 9.65 Å². The highest BCUT2D eigenvalue weighted by Gasteiger charge is 2.20. The Morgan fingerprint density at radius 1 is 1.09 bits per heavy atom. The third-order valence-electron chi connectivity index (χ3n) is 4.31. The summed E-state index contributed by atoms with van der Waals surface area (Å²) in [6, 6.07) is 15.4. The van der Waals surface area contributed by atoms with Crippen LogP contribution in [0.3, 0.4) is 0 Å². The van der Waals surface area contributed by atoms with E-state index in [-0.39, 0.29) is 5.56 Å². The lowest BCUT2D eigenvalue weighted by Gasteiger charge is -2.36. The Morgan fingerprint density at radius 2 is 1.83 bits per heavy atom. The quantitative estimate of drug-likeness (QED) is 0.871. The molecular formula is C19H20FN3. The van der Waals surface area contributed by atoms with Gasteiger partial charge in [-0.3, -0.25) is 4.90 Å². The Balaban J connectivity index is 1.65. The third kappa shape index (κ3) is 3.52. The van der Waals surface area contributed by atoms with E-state index in [0.29, 0.717) is 5.69 Å². The van der Waals surface area contributed by atoms with Gasteiger partial charge in [-0.1, -0.05) is 35.9 Å². The van der Waals surface area contributed by atoms with Gasteiger partial charge in [0.2, 0.25) is 0 Å². The zero-order valence-corrected chi connectivity index (χ0v) is 13.3. The largest absolute Gasteiger partial charge is 0.368 e. The van der Waals surface area contributed by atoms with Crippen molar-refractivity contribution in [2.75, 3.05) is 31.1 Å². The van der Waals surface area contributed by atoms with Gasteiger partial charge in [-0.2, -0.15) is 5.26 Å². The van der Waals surface area contributed by atoms with Crippen LogP contribution in [-0.4, -0.2) is 31.1 Å². The van der Waals surface area contributed by atoms with Crippen LogP contribution in [0.4, 0.5) is 10.1 Å². The maximum atomic E-state index is 13.7. The lowest BCUT2D eigenvalue weighted by atomic mass is 10.1. The number of piperazine rings is 1. The van der Waals surface area contributed by atoms with Gasteiger partial charge in [-0.25, -0.2) is 4.39 Å². The number of halogens is 1. The second kappa shape index (κ2) is 6.80. The second-order valence-electron chi connectivity index (χ2n) is 6.00. The van der Waals surface area contributed by atoms with Gasteiger partial charge in [-0.05, 0) is 24.6 Å². The molecule has 0 bridgehead atoms. The number of hydrogen-bond acceptors (Lipinski definition) is 3. The SMILES string of the molecule is Cc1cccc(CN2CCN(c3cccc(F)c3C#N)CC2)c1. The van der Waals surface area contributed by atoms with Gasteiger partial charge >= 0.3 is 0 Å². The highest BCUT2D eigenvalue weighted by atomic mass is 19.1. The Bertz CT molecular complexity index is 728. The molecule has 0 amide bonds. The number of nitriles is 1. The molecule has 0 saturated carbocycles.